The number of halogens is 2. The molecule has 0 aromatic heterocycles. The minimum absolute atomic E-state index is 0.0645. The Morgan fingerprint density at radius 2 is 2.29 bits per heavy atom. The number of fused-ring (bicyclic) bond motifs is 1. The van der Waals surface area contributed by atoms with Crippen LogP contribution in [-0.4, -0.2) is 5.78 Å². The molecule has 0 bridgehead atoms. The smallest absolute Gasteiger partial charge is 0.133 e. The van der Waals surface area contributed by atoms with Gasteiger partial charge >= 0.3 is 0 Å². The molecular weight excluding hydrogens is 239 g/mol. The molecular formula is C14H14ClFO. The van der Waals surface area contributed by atoms with Crippen molar-refractivity contribution >= 4 is 17.4 Å². The van der Waals surface area contributed by atoms with Crippen LogP contribution in [0.4, 0.5) is 4.39 Å². The van der Waals surface area contributed by atoms with Gasteiger partial charge in [-0.15, -0.1) is 0 Å². The van der Waals surface area contributed by atoms with Gasteiger partial charge in [0.1, 0.15) is 11.6 Å². The summed E-state index contributed by atoms with van der Waals surface area (Å²) in [6.45, 7) is 1.65. The van der Waals surface area contributed by atoms with Crippen molar-refractivity contribution in [1.29, 1.82) is 0 Å². The Morgan fingerprint density at radius 3 is 2.82 bits per heavy atom. The highest BCUT2D eigenvalue weighted by atomic mass is 35.5. The SMILES string of the molecule is CC(=O)C1CCC2(c3ccc(Cl)cc3F)CC12. The van der Waals surface area contributed by atoms with Crippen LogP contribution in [0.5, 0.6) is 0 Å². The molecule has 0 saturated heterocycles. The molecule has 2 aliphatic rings. The van der Waals surface area contributed by atoms with Gasteiger partial charge in [-0.3, -0.25) is 4.79 Å². The van der Waals surface area contributed by atoms with Gasteiger partial charge in [-0.2, -0.15) is 0 Å². The van der Waals surface area contributed by atoms with E-state index in [0.29, 0.717) is 10.9 Å². The van der Waals surface area contributed by atoms with E-state index in [-0.39, 0.29) is 22.9 Å². The maximum absolute atomic E-state index is 13.9. The number of ketones is 1. The molecule has 0 heterocycles. The molecule has 0 aliphatic heterocycles. The predicted octanol–water partition coefficient (Wildman–Crippen LogP) is 3.74. The van der Waals surface area contributed by atoms with Crippen molar-refractivity contribution in [3.05, 3.63) is 34.6 Å². The van der Waals surface area contributed by atoms with Crippen molar-refractivity contribution in [3.63, 3.8) is 0 Å². The zero-order chi connectivity index (χ0) is 12.2. The zero-order valence-corrected chi connectivity index (χ0v) is 10.4. The second-order valence-corrected chi connectivity index (χ2v) is 5.78. The lowest BCUT2D eigenvalue weighted by atomic mass is 9.93. The van der Waals surface area contributed by atoms with Gasteiger partial charge in [0, 0.05) is 16.4 Å². The molecule has 3 rings (SSSR count). The number of carbonyl (C=O) groups is 1. The summed E-state index contributed by atoms with van der Waals surface area (Å²) in [7, 11) is 0. The van der Waals surface area contributed by atoms with E-state index in [2.05, 4.69) is 0 Å². The lowest BCUT2D eigenvalue weighted by molar-refractivity contribution is -0.121. The maximum Gasteiger partial charge on any atom is 0.133 e. The van der Waals surface area contributed by atoms with Crippen LogP contribution in [0.25, 0.3) is 0 Å². The summed E-state index contributed by atoms with van der Waals surface area (Å²) in [6, 6.07) is 4.91. The van der Waals surface area contributed by atoms with E-state index in [0.717, 1.165) is 24.8 Å². The number of benzene rings is 1. The van der Waals surface area contributed by atoms with Crippen LogP contribution in [0.2, 0.25) is 5.02 Å². The first-order chi connectivity index (χ1) is 8.04. The van der Waals surface area contributed by atoms with E-state index in [9.17, 15) is 9.18 Å². The van der Waals surface area contributed by atoms with E-state index in [1.165, 1.54) is 6.07 Å². The summed E-state index contributed by atoms with van der Waals surface area (Å²) < 4.78 is 13.9. The van der Waals surface area contributed by atoms with Crippen molar-refractivity contribution in [2.75, 3.05) is 0 Å². The second-order valence-electron chi connectivity index (χ2n) is 5.35. The summed E-state index contributed by atoms with van der Waals surface area (Å²) in [6.07, 6.45) is 2.79. The Hall–Kier alpha value is -0.890. The second kappa shape index (κ2) is 3.55. The lowest BCUT2D eigenvalue weighted by Crippen LogP contribution is -2.11. The quantitative estimate of drug-likeness (QED) is 0.784. The molecule has 3 atom stereocenters. The number of rotatable bonds is 2. The monoisotopic (exact) mass is 252 g/mol. The summed E-state index contributed by atoms with van der Waals surface area (Å²) in [5.41, 5.74) is 0.695. The molecule has 17 heavy (non-hydrogen) atoms. The van der Waals surface area contributed by atoms with Gasteiger partial charge in [0.25, 0.3) is 0 Å². The van der Waals surface area contributed by atoms with Gasteiger partial charge in [0.2, 0.25) is 0 Å². The highest BCUT2D eigenvalue weighted by Gasteiger charge is 2.64. The van der Waals surface area contributed by atoms with E-state index in [1.807, 2.05) is 0 Å². The van der Waals surface area contributed by atoms with Gasteiger partial charge in [-0.25, -0.2) is 4.39 Å². The first-order valence-corrected chi connectivity index (χ1v) is 6.38. The van der Waals surface area contributed by atoms with Gasteiger partial charge in [0.15, 0.2) is 0 Å². The van der Waals surface area contributed by atoms with Gasteiger partial charge < -0.3 is 0 Å². The Bertz CT molecular complexity index is 499. The average Bonchev–Trinajstić information content (AvgIpc) is 2.84. The van der Waals surface area contributed by atoms with Crippen LogP contribution in [0, 0.1) is 17.7 Å². The zero-order valence-electron chi connectivity index (χ0n) is 9.67. The highest BCUT2D eigenvalue weighted by Crippen LogP contribution is 2.67. The van der Waals surface area contributed by atoms with Crippen LogP contribution >= 0.6 is 11.6 Å². The molecule has 90 valence electrons. The summed E-state index contributed by atoms with van der Waals surface area (Å²) in [5, 5.41) is 0.431. The van der Waals surface area contributed by atoms with Crippen molar-refractivity contribution in [3.8, 4) is 0 Å². The van der Waals surface area contributed by atoms with E-state index in [4.69, 9.17) is 11.6 Å². The van der Waals surface area contributed by atoms with Crippen LogP contribution in [-0.2, 0) is 10.2 Å². The fourth-order valence-corrected chi connectivity index (χ4v) is 3.75. The summed E-state index contributed by atoms with van der Waals surface area (Å²) in [4.78, 5) is 11.5. The molecule has 3 unspecified atom stereocenters. The largest absolute Gasteiger partial charge is 0.300 e. The minimum Gasteiger partial charge on any atom is -0.300 e. The minimum atomic E-state index is -0.218. The molecule has 0 spiro atoms. The number of Topliss-reactive ketones (excluding diaryl/α,β-unsaturated/α-hetero) is 1. The van der Waals surface area contributed by atoms with Crippen LogP contribution in [0.15, 0.2) is 18.2 Å². The molecule has 2 aliphatic carbocycles. The molecule has 1 aromatic carbocycles. The van der Waals surface area contributed by atoms with Crippen LogP contribution in [0.3, 0.4) is 0 Å². The topological polar surface area (TPSA) is 17.1 Å². The maximum atomic E-state index is 13.9. The fraction of sp³-hybridized carbons (Fsp3) is 0.500. The Labute approximate surface area is 105 Å². The average molecular weight is 253 g/mol. The van der Waals surface area contributed by atoms with Gasteiger partial charge in [-0.1, -0.05) is 17.7 Å². The number of hydrogen-bond acceptors (Lipinski definition) is 1. The molecule has 1 nitrogen and oxygen atoms in total. The van der Waals surface area contributed by atoms with Crippen molar-refractivity contribution in [1.82, 2.24) is 0 Å². The molecule has 1 aromatic rings. The third-order valence-electron chi connectivity index (χ3n) is 4.51. The van der Waals surface area contributed by atoms with Gasteiger partial charge in [0.05, 0.1) is 0 Å². The summed E-state index contributed by atoms with van der Waals surface area (Å²) >= 11 is 5.77. The Morgan fingerprint density at radius 1 is 1.53 bits per heavy atom. The van der Waals surface area contributed by atoms with Crippen molar-refractivity contribution in [2.24, 2.45) is 11.8 Å². The highest BCUT2D eigenvalue weighted by molar-refractivity contribution is 6.30. The Kier molecular flexibility index (Phi) is 2.34. The van der Waals surface area contributed by atoms with E-state index < -0.39 is 0 Å². The fourth-order valence-electron chi connectivity index (χ4n) is 3.59. The standard InChI is InChI=1S/C14H14ClFO/c1-8(17)10-4-5-14(7-12(10)14)11-3-2-9(15)6-13(11)16/h2-3,6,10,12H,4-5,7H2,1H3. The molecule has 0 radical (unpaired) electrons. The molecule has 3 heteroatoms. The summed E-state index contributed by atoms with van der Waals surface area (Å²) in [5.74, 6) is 0.536. The third-order valence-corrected chi connectivity index (χ3v) is 4.75. The lowest BCUT2D eigenvalue weighted by Gasteiger charge is -2.13. The third kappa shape index (κ3) is 1.54. The van der Waals surface area contributed by atoms with Gasteiger partial charge in [-0.05, 0) is 49.8 Å². The molecule has 0 N–H and O–H groups in total. The van der Waals surface area contributed by atoms with Crippen molar-refractivity contribution < 1.29 is 9.18 Å². The normalized spacial score (nSPS) is 34.5. The first kappa shape index (κ1) is 11.2. The van der Waals surface area contributed by atoms with Crippen LogP contribution in [0.1, 0.15) is 31.7 Å². The Balaban J connectivity index is 1.95. The number of hydrogen-bond donors (Lipinski definition) is 0. The molecule has 2 fully saturated rings. The molecule has 0 amide bonds. The molecule has 2 saturated carbocycles. The van der Waals surface area contributed by atoms with Crippen molar-refractivity contribution in [2.45, 2.75) is 31.6 Å². The van der Waals surface area contributed by atoms with E-state index >= 15 is 0 Å². The first-order valence-electron chi connectivity index (χ1n) is 6.00. The van der Waals surface area contributed by atoms with Crippen LogP contribution < -0.4 is 0 Å². The van der Waals surface area contributed by atoms with E-state index in [1.54, 1.807) is 19.1 Å². The predicted molar refractivity (Wildman–Crippen MR) is 64.6 cm³/mol. The number of carbonyl (C=O) groups excluding carboxylic acids is 1.